The second-order valence-electron chi connectivity index (χ2n) is 6.20. The molecule has 0 saturated carbocycles. The minimum Gasteiger partial charge on any atom is -0.461 e. The van der Waals surface area contributed by atoms with Crippen LogP contribution in [0.15, 0.2) is 43.0 Å². The lowest BCUT2D eigenvalue weighted by molar-refractivity contribution is -0.139. The number of rotatable bonds is 8. The van der Waals surface area contributed by atoms with E-state index in [0.29, 0.717) is 25.2 Å². The fourth-order valence-corrected chi connectivity index (χ4v) is 3.46. The van der Waals surface area contributed by atoms with Crippen molar-refractivity contribution in [2.45, 2.75) is 14.4 Å². The Hall–Kier alpha value is -2.67. The van der Waals surface area contributed by atoms with E-state index in [1.54, 1.807) is 13.0 Å². The monoisotopic (exact) mass is 438 g/mol. The van der Waals surface area contributed by atoms with E-state index in [1.165, 1.54) is 0 Å². The van der Waals surface area contributed by atoms with Crippen LogP contribution in [0.25, 0.3) is 10.9 Å². The number of hydroxylamine groups is 1. The van der Waals surface area contributed by atoms with Gasteiger partial charge in [0.2, 0.25) is 0 Å². The van der Waals surface area contributed by atoms with E-state index < -0.39 is 15.8 Å². The molecule has 1 aromatic carbocycles. The van der Waals surface area contributed by atoms with Crippen molar-refractivity contribution in [3.05, 3.63) is 53.4 Å². The number of nitrogens with zero attached hydrogens (tertiary/aromatic N) is 2. The van der Waals surface area contributed by atoms with E-state index in [1.807, 2.05) is 24.3 Å². The third-order valence-electron chi connectivity index (χ3n) is 3.87. The summed E-state index contributed by atoms with van der Waals surface area (Å²) in [7, 11) is -2.79. The number of esters is 1. The molecule has 0 radical (unpaired) electrons. The molecule has 1 aliphatic rings. The van der Waals surface area contributed by atoms with Gasteiger partial charge >= 0.3 is 12.7 Å². The van der Waals surface area contributed by atoms with Crippen molar-refractivity contribution in [1.29, 1.82) is 0 Å². The average molecular weight is 439 g/mol. The normalized spacial score (nSPS) is 14.2. The molecule has 30 heavy (non-hydrogen) atoms. The van der Waals surface area contributed by atoms with E-state index >= 15 is 0 Å². The molecule has 1 N–H and O–H groups in total. The van der Waals surface area contributed by atoms with Crippen LogP contribution < -0.4 is 10.4 Å². The van der Waals surface area contributed by atoms with Crippen LogP contribution in [-0.4, -0.2) is 58.9 Å². The summed E-state index contributed by atoms with van der Waals surface area (Å²) >= 11 is 0. The summed E-state index contributed by atoms with van der Waals surface area (Å²) in [5, 5.41) is 0. The smallest absolute Gasteiger partial charge is 0.382 e. The van der Waals surface area contributed by atoms with Gasteiger partial charge in [-0.3, -0.25) is 0 Å². The highest BCUT2D eigenvalue weighted by molar-refractivity contribution is 7.91. The van der Waals surface area contributed by atoms with Gasteiger partial charge in [-0.15, -0.1) is 0 Å². The Morgan fingerprint density at radius 3 is 2.40 bits per heavy atom. The van der Waals surface area contributed by atoms with Crippen molar-refractivity contribution in [1.82, 2.24) is 5.48 Å². The van der Waals surface area contributed by atoms with Crippen LogP contribution in [0.4, 0.5) is 5.69 Å². The van der Waals surface area contributed by atoms with Gasteiger partial charge in [-0.05, 0) is 24.6 Å². The van der Waals surface area contributed by atoms with Gasteiger partial charge in [-0.1, -0.05) is 43.6 Å². The summed E-state index contributed by atoms with van der Waals surface area (Å²) < 4.78 is 27.3. The maximum absolute atomic E-state index is 11.3. The maximum atomic E-state index is 11.3. The molecule has 8 nitrogen and oxygen atoms in total. The molecule has 1 saturated heterocycles. The molecule has 9 heteroatoms. The van der Waals surface area contributed by atoms with Gasteiger partial charge in [0.15, 0.2) is 9.84 Å². The van der Waals surface area contributed by atoms with Crippen molar-refractivity contribution in [3.63, 3.8) is 0 Å². The van der Waals surface area contributed by atoms with Gasteiger partial charge in [0.05, 0.1) is 18.1 Å². The van der Waals surface area contributed by atoms with Crippen LogP contribution in [-0.2, 0) is 24.2 Å². The van der Waals surface area contributed by atoms with Crippen molar-refractivity contribution in [2.24, 2.45) is 0 Å². The molecule has 0 spiro atoms. The number of carbonyl (C=O) groups is 1. The first-order valence-electron chi connectivity index (χ1n) is 9.01. The highest BCUT2D eigenvalue weighted by Crippen LogP contribution is 2.18. The predicted molar refractivity (Wildman–Crippen MR) is 122 cm³/mol. The molecular formula is C21H32N3O5S+. The zero-order valence-corrected chi connectivity index (χ0v) is 17.5. The molecule has 0 atom stereocenters. The molecule has 166 valence electrons. The van der Waals surface area contributed by atoms with Crippen molar-refractivity contribution < 1.29 is 22.8 Å². The molecule has 1 aliphatic heterocycles. The maximum Gasteiger partial charge on any atom is 0.382 e. The Morgan fingerprint density at radius 2 is 1.90 bits per heavy atom. The summed E-state index contributed by atoms with van der Waals surface area (Å²) in [6, 6.07) is 8.00. The zero-order valence-electron chi connectivity index (χ0n) is 16.7. The number of hydrogen-bond acceptors (Lipinski definition) is 7. The summed E-state index contributed by atoms with van der Waals surface area (Å²) in [4.78, 5) is 20.8. The Kier molecular flexibility index (Phi) is 13.1. The molecule has 0 bridgehead atoms. The molecule has 0 aliphatic carbocycles. The van der Waals surface area contributed by atoms with Crippen molar-refractivity contribution in [3.8, 4) is 6.57 Å². The molecule has 0 amide bonds. The largest absolute Gasteiger partial charge is 0.461 e. The second kappa shape index (κ2) is 14.3. The average Bonchev–Trinajstić information content (AvgIpc) is 2.71. The van der Waals surface area contributed by atoms with Crippen molar-refractivity contribution in [2.75, 3.05) is 49.4 Å². The van der Waals surface area contributed by atoms with Crippen molar-refractivity contribution >= 4 is 27.6 Å². The Labute approximate surface area is 179 Å². The fourth-order valence-electron chi connectivity index (χ4n) is 2.26. The molecule has 0 unspecified atom stereocenters. The number of ether oxygens (including phenoxy) is 1. The van der Waals surface area contributed by atoms with Crippen LogP contribution in [0.1, 0.15) is 19.9 Å². The SMILES string of the molecule is C.C#[N+]CONCCOC(=O)C(=C)C.C=Cc1ccc(N2CCS(=O)(=O)CC2)cc1. The summed E-state index contributed by atoms with van der Waals surface area (Å²) in [5.41, 5.74) is 5.03. The third kappa shape index (κ3) is 10.8. The van der Waals surface area contributed by atoms with Gasteiger partial charge < -0.3 is 9.64 Å². The number of carbonyl (C=O) groups excluding carboxylic acids is 1. The number of anilines is 1. The number of benzene rings is 1. The number of sulfone groups is 1. The summed E-state index contributed by atoms with van der Waals surface area (Å²) in [6.45, 7) is 15.4. The van der Waals surface area contributed by atoms with E-state index in [9.17, 15) is 13.2 Å². The van der Waals surface area contributed by atoms with Gasteiger partial charge in [0.25, 0.3) is 6.57 Å². The Bertz CT molecular complexity index is 815. The highest BCUT2D eigenvalue weighted by atomic mass is 32.2. The first-order valence-corrected chi connectivity index (χ1v) is 10.8. The van der Waals surface area contributed by atoms with Gasteiger partial charge in [0.1, 0.15) is 6.61 Å². The minimum absolute atomic E-state index is 0. The van der Waals surface area contributed by atoms with Crippen LogP contribution in [0.2, 0.25) is 0 Å². The highest BCUT2D eigenvalue weighted by Gasteiger charge is 2.21. The molecular weight excluding hydrogens is 406 g/mol. The zero-order chi connectivity index (χ0) is 21.7. The lowest BCUT2D eigenvalue weighted by atomic mass is 10.2. The lowest BCUT2D eigenvalue weighted by Crippen LogP contribution is -2.40. The van der Waals surface area contributed by atoms with Gasteiger partial charge in [-0.25, -0.2) is 18.0 Å². The minimum atomic E-state index is -2.79. The molecule has 1 aromatic rings. The van der Waals surface area contributed by atoms with Crippen LogP contribution in [0.5, 0.6) is 0 Å². The lowest BCUT2D eigenvalue weighted by Gasteiger charge is -2.28. The quantitative estimate of drug-likeness (QED) is 0.289. The third-order valence-corrected chi connectivity index (χ3v) is 5.47. The van der Waals surface area contributed by atoms with E-state index in [4.69, 9.17) is 11.3 Å². The fraction of sp³-hybridized carbons (Fsp3) is 0.429. The number of hydrogen-bond donors (Lipinski definition) is 1. The van der Waals surface area contributed by atoms with Crippen LogP contribution in [0.3, 0.4) is 0 Å². The van der Waals surface area contributed by atoms with E-state index in [0.717, 1.165) is 11.3 Å². The first kappa shape index (κ1) is 27.3. The first-order chi connectivity index (χ1) is 13.8. The Balaban J connectivity index is 0.000000557. The van der Waals surface area contributed by atoms with E-state index in [-0.39, 0.29) is 32.3 Å². The topological polar surface area (TPSA) is 89.3 Å². The predicted octanol–water partition coefficient (Wildman–Crippen LogP) is 2.75. The molecule has 1 heterocycles. The molecule has 1 fully saturated rings. The Morgan fingerprint density at radius 1 is 1.30 bits per heavy atom. The molecule has 0 aromatic heterocycles. The molecule has 2 rings (SSSR count). The summed E-state index contributed by atoms with van der Waals surface area (Å²) in [5.74, 6) is 0.109. The van der Waals surface area contributed by atoms with E-state index in [2.05, 4.69) is 33.2 Å². The second-order valence-corrected chi connectivity index (χ2v) is 8.50. The summed E-state index contributed by atoms with van der Waals surface area (Å²) in [6.07, 6.45) is 1.80. The van der Waals surface area contributed by atoms with Crippen LogP contribution in [0, 0.1) is 6.57 Å². The number of nitrogens with one attached hydrogen (secondary N) is 1. The van der Waals surface area contributed by atoms with Gasteiger partial charge in [-0.2, -0.15) is 5.48 Å². The van der Waals surface area contributed by atoms with Crippen LogP contribution >= 0.6 is 0 Å². The van der Waals surface area contributed by atoms with Gasteiger partial charge in [0, 0.05) is 24.4 Å². The standard InChI is InChI=1S/C12H15NO2S.C8H13N2O3.CH4/c1-2-11-3-5-12(6-4-11)13-7-9-16(14,15)10-8-13;1-7(2)8(11)12-5-4-10-13-6-9-3;/h2-6H,1,7-10H2;3,10H,1,4-6H2,2H3;1H4/q;+1;.